The topological polar surface area (TPSA) is 37.8 Å². The predicted molar refractivity (Wildman–Crippen MR) is 77.0 cm³/mol. The third-order valence-corrected chi connectivity index (χ3v) is 3.92. The van der Waals surface area contributed by atoms with E-state index in [4.69, 9.17) is 0 Å². The van der Waals surface area contributed by atoms with Crippen molar-refractivity contribution in [1.29, 1.82) is 0 Å². The second-order valence-corrected chi connectivity index (χ2v) is 5.21. The molecule has 0 aliphatic rings. The van der Waals surface area contributed by atoms with E-state index >= 15 is 0 Å². The Bertz CT molecular complexity index is 587. The summed E-state index contributed by atoms with van der Waals surface area (Å²) in [5.74, 6) is 1.14. The first-order chi connectivity index (χ1) is 9.11. The Morgan fingerprint density at radius 2 is 1.95 bits per heavy atom. The van der Waals surface area contributed by atoms with Crippen molar-refractivity contribution in [2.75, 3.05) is 12.4 Å². The molecule has 2 rings (SSSR count). The lowest BCUT2D eigenvalue weighted by molar-refractivity contribution is 0.603. The number of nitrogens with zero attached hydrogens (tertiary/aromatic N) is 2. The summed E-state index contributed by atoms with van der Waals surface area (Å²) in [6.45, 7) is 3.72. The molecule has 19 heavy (non-hydrogen) atoms. The van der Waals surface area contributed by atoms with Gasteiger partial charge in [0.1, 0.15) is 5.82 Å². The zero-order valence-electron chi connectivity index (χ0n) is 11.2. The zero-order valence-corrected chi connectivity index (χ0v) is 12.0. The molecule has 0 bridgehead atoms. The van der Waals surface area contributed by atoms with Crippen LogP contribution < -0.4 is 5.32 Å². The molecule has 0 spiro atoms. The molecule has 0 amide bonds. The van der Waals surface area contributed by atoms with E-state index in [2.05, 4.69) is 34.3 Å². The molecule has 0 aliphatic heterocycles. The largest absolute Gasteiger partial charge is 0.371 e. The lowest BCUT2D eigenvalue weighted by atomic mass is 10.2. The molecule has 2 aromatic rings. The number of hydrogen-bond donors (Lipinski definition) is 1. The number of rotatable bonds is 4. The van der Waals surface area contributed by atoms with Gasteiger partial charge in [-0.15, -0.1) is 11.8 Å². The smallest absolute Gasteiger partial charge is 0.186 e. The minimum absolute atomic E-state index is 0.257. The Hall–Kier alpha value is -1.62. The SMILES string of the molecule is CNc1nc(CSc2ccccc2C)nc(C)c1F. The number of aryl methyl sites for hydroxylation is 2. The number of nitrogens with one attached hydrogen (secondary N) is 1. The van der Waals surface area contributed by atoms with Crippen LogP contribution in [0.5, 0.6) is 0 Å². The van der Waals surface area contributed by atoms with E-state index in [0.717, 1.165) is 0 Å². The first kappa shape index (κ1) is 13.8. The highest BCUT2D eigenvalue weighted by molar-refractivity contribution is 7.98. The van der Waals surface area contributed by atoms with Crippen LogP contribution in [0.3, 0.4) is 0 Å². The van der Waals surface area contributed by atoms with Gasteiger partial charge in [0.15, 0.2) is 11.6 Å². The second-order valence-electron chi connectivity index (χ2n) is 4.19. The Balaban J connectivity index is 2.16. The molecule has 1 aromatic carbocycles. The number of benzene rings is 1. The number of thioether (sulfide) groups is 1. The monoisotopic (exact) mass is 277 g/mol. The van der Waals surface area contributed by atoms with Crippen LogP contribution in [0.2, 0.25) is 0 Å². The average Bonchev–Trinajstić information content (AvgIpc) is 2.41. The Labute approximate surface area is 116 Å². The van der Waals surface area contributed by atoms with E-state index < -0.39 is 0 Å². The van der Waals surface area contributed by atoms with E-state index in [1.807, 2.05) is 12.1 Å². The van der Waals surface area contributed by atoms with E-state index in [1.165, 1.54) is 10.5 Å². The third-order valence-electron chi connectivity index (χ3n) is 2.75. The molecule has 0 aliphatic carbocycles. The summed E-state index contributed by atoms with van der Waals surface area (Å²) in [4.78, 5) is 9.55. The van der Waals surface area contributed by atoms with Crippen LogP contribution in [0.4, 0.5) is 10.2 Å². The summed E-state index contributed by atoms with van der Waals surface area (Å²) in [7, 11) is 1.66. The first-order valence-corrected chi connectivity index (χ1v) is 6.99. The molecule has 0 saturated carbocycles. The van der Waals surface area contributed by atoms with Crippen LogP contribution in [-0.4, -0.2) is 17.0 Å². The highest BCUT2D eigenvalue weighted by Crippen LogP contribution is 2.25. The molecule has 0 unspecified atom stereocenters. The molecule has 0 radical (unpaired) electrons. The Morgan fingerprint density at radius 1 is 1.21 bits per heavy atom. The van der Waals surface area contributed by atoms with E-state index in [-0.39, 0.29) is 11.6 Å². The Kier molecular flexibility index (Phi) is 4.37. The molecule has 1 heterocycles. The van der Waals surface area contributed by atoms with Crippen molar-refractivity contribution in [3.63, 3.8) is 0 Å². The Morgan fingerprint density at radius 3 is 2.63 bits per heavy atom. The number of aromatic nitrogens is 2. The highest BCUT2D eigenvalue weighted by Gasteiger charge is 2.10. The third kappa shape index (κ3) is 3.23. The average molecular weight is 277 g/mol. The fourth-order valence-corrected chi connectivity index (χ4v) is 2.59. The molecular formula is C14H16FN3S. The van der Waals surface area contributed by atoms with Gasteiger partial charge in [0, 0.05) is 11.9 Å². The summed E-state index contributed by atoms with van der Waals surface area (Å²) >= 11 is 1.66. The van der Waals surface area contributed by atoms with Crippen LogP contribution in [0.1, 0.15) is 17.1 Å². The van der Waals surface area contributed by atoms with Crippen molar-refractivity contribution in [2.45, 2.75) is 24.5 Å². The number of hydrogen-bond acceptors (Lipinski definition) is 4. The highest BCUT2D eigenvalue weighted by atomic mass is 32.2. The lowest BCUT2D eigenvalue weighted by Gasteiger charge is -2.08. The summed E-state index contributed by atoms with van der Waals surface area (Å²) in [5.41, 5.74) is 1.60. The molecule has 1 N–H and O–H groups in total. The van der Waals surface area contributed by atoms with Gasteiger partial charge in [0.2, 0.25) is 0 Å². The normalized spacial score (nSPS) is 10.5. The molecular weight excluding hydrogens is 261 g/mol. The second kappa shape index (κ2) is 6.02. The van der Waals surface area contributed by atoms with Crippen LogP contribution >= 0.6 is 11.8 Å². The van der Waals surface area contributed by atoms with Gasteiger partial charge in [-0.05, 0) is 25.5 Å². The van der Waals surface area contributed by atoms with E-state index in [9.17, 15) is 4.39 Å². The summed E-state index contributed by atoms with van der Waals surface area (Å²) < 4.78 is 13.6. The van der Waals surface area contributed by atoms with Gasteiger partial charge in [-0.2, -0.15) is 0 Å². The molecule has 0 fully saturated rings. The van der Waals surface area contributed by atoms with Gasteiger partial charge >= 0.3 is 0 Å². The molecule has 0 atom stereocenters. The van der Waals surface area contributed by atoms with Crippen LogP contribution in [0, 0.1) is 19.7 Å². The molecule has 5 heteroatoms. The van der Waals surface area contributed by atoms with Gasteiger partial charge < -0.3 is 5.32 Å². The molecule has 3 nitrogen and oxygen atoms in total. The van der Waals surface area contributed by atoms with Crippen LogP contribution in [-0.2, 0) is 5.75 Å². The van der Waals surface area contributed by atoms with Gasteiger partial charge in [-0.3, -0.25) is 0 Å². The number of halogens is 1. The van der Waals surface area contributed by atoms with Crippen molar-refractivity contribution >= 4 is 17.6 Å². The number of anilines is 1. The van der Waals surface area contributed by atoms with Crippen molar-refractivity contribution in [3.8, 4) is 0 Å². The van der Waals surface area contributed by atoms with Crippen LogP contribution in [0.25, 0.3) is 0 Å². The van der Waals surface area contributed by atoms with Crippen molar-refractivity contribution in [1.82, 2.24) is 9.97 Å². The maximum absolute atomic E-state index is 13.6. The fourth-order valence-electron chi connectivity index (χ4n) is 1.71. The van der Waals surface area contributed by atoms with Gasteiger partial charge in [0.05, 0.1) is 11.4 Å². The zero-order chi connectivity index (χ0) is 13.8. The van der Waals surface area contributed by atoms with Crippen molar-refractivity contribution < 1.29 is 4.39 Å². The van der Waals surface area contributed by atoms with E-state index in [1.54, 1.807) is 25.7 Å². The summed E-state index contributed by atoms with van der Waals surface area (Å²) in [5, 5.41) is 2.75. The van der Waals surface area contributed by atoms with Gasteiger partial charge in [0.25, 0.3) is 0 Å². The quantitative estimate of drug-likeness (QED) is 0.867. The van der Waals surface area contributed by atoms with Crippen LogP contribution in [0.15, 0.2) is 29.2 Å². The minimum atomic E-state index is -0.382. The van der Waals surface area contributed by atoms with E-state index in [0.29, 0.717) is 17.3 Å². The standard InChI is InChI=1S/C14H16FN3S/c1-9-6-4-5-7-11(9)19-8-12-17-10(2)13(15)14(16-3)18-12/h4-7H,8H2,1-3H3,(H,16,17,18). The maximum atomic E-state index is 13.6. The summed E-state index contributed by atoms with van der Waals surface area (Å²) in [6.07, 6.45) is 0. The van der Waals surface area contributed by atoms with Crippen molar-refractivity contribution in [3.05, 3.63) is 47.2 Å². The lowest BCUT2D eigenvalue weighted by Crippen LogP contribution is -2.05. The molecule has 100 valence electrons. The molecule has 0 saturated heterocycles. The fraction of sp³-hybridized carbons (Fsp3) is 0.286. The molecule has 1 aromatic heterocycles. The van der Waals surface area contributed by atoms with Gasteiger partial charge in [-0.25, -0.2) is 14.4 Å². The summed E-state index contributed by atoms with van der Waals surface area (Å²) in [6, 6.07) is 8.15. The predicted octanol–water partition coefficient (Wildman–Crippen LogP) is 3.57. The van der Waals surface area contributed by atoms with Crippen molar-refractivity contribution in [2.24, 2.45) is 0 Å². The first-order valence-electron chi connectivity index (χ1n) is 6.01. The minimum Gasteiger partial charge on any atom is -0.371 e. The maximum Gasteiger partial charge on any atom is 0.186 e. The van der Waals surface area contributed by atoms with Gasteiger partial charge in [-0.1, -0.05) is 18.2 Å².